The van der Waals surface area contributed by atoms with Gasteiger partial charge in [-0.3, -0.25) is 0 Å². The first-order valence-electron chi connectivity index (χ1n) is 11.1. The Hall–Kier alpha value is 0.440. The minimum absolute atomic E-state index is 0. The molecule has 0 amide bonds. The van der Waals surface area contributed by atoms with Crippen molar-refractivity contribution in [1.29, 1.82) is 0 Å². The number of rotatable bonds is 18. The fraction of sp³-hybridized carbons (Fsp3) is 1.00. The summed E-state index contributed by atoms with van der Waals surface area (Å²) in [6, 6.07) is 0. The molecule has 0 rings (SSSR count). The molecule has 0 aliphatic carbocycles. The van der Waals surface area contributed by atoms with Gasteiger partial charge in [0.2, 0.25) is 0 Å². The van der Waals surface area contributed by atoms with E-state index in [9.17, 15) is 0 Å². The fourth-order valence-electron chi connectivity index (χ4n) is 3.79. The summed E-state index contributed by atoms with van der Waals surface area (Å²) in [5.74, 6) is 0. The van der Waals surface area contributed by atoms with Crippen molar-refractivity contribution in [3.05, 3.63) is 0 Å². The van der Waals surface area contributed by atoms with Crippen LogP contribution >= 0.6 is 0 Å². The van der Waals surface area contributed by atoms with Gasteiger partial charge in [-0.2, -0.15) is 0 Å². The normalized spacial score (nSPS) is 11.5. The molecule has 148 valence electrons. The highest BCUT2D eigenvalue weighted by Crippen LogP contribution is 2.18. The first-order valence-corrected chi connectivity index (χ1v) is 11.1. The van der Waals surface area contributed by atoms with Crippen LogP contribution in [0.25, 0.3) is 0 Å². The highest BCUT2D eigenvalue weighted by atomic mass is 79.9. The number of nitrogens with zero attached hydrogens (tertiary/aromatic N) is 1. The summed E-state index contributed by atoms with van der Waals surface area (Å²) in [5, 5.41) is 0. The zero-order valence-corrected chi connectivity index (χ0v) is 19.1. The summed E-state index contributed by atoms with van der Waals surface area (Å²) in [7, 11) is 0. The third-order valence-electron chi connectivity index (χ3n) is 5.44. The van der Waals surface area contributed by atoms with E-state index >= 15 is 0 Å². The molecule has 0 aromatic heterocycles. The van der Waals surface area contributed by atoms with Crippen LogP contribution in [-0.2, 0) is 0 Å². The van der Waals surface area contributed by atoms with E-state index < -0.39 is 0 Å². The van der Waals surface area contributed by atoms with Gasteiger partial charge >= 0.3 is 0 Å². The highest BCUT2D eigenvalue weighted by molar-refractivity contribution is 4.52. The van der Waals surface area contributed by atoms with Gasteiger partial charge in [0.25, 0.3) is 0 Å². The van der Waals surface area contributed by atoms with Gasteiger partial charge in [0.05, 0.1) is 26.2 Å². The highest BCUT2D eigenvalue weighted by Gasteiger charge is 2.25. The molecule has 0 aromatic carbocycles. The summed E-state index contributed by atoms with van der Waals surface area (Å²) in [6.45, 7) is 15.2. The van der Waals surface area contributed by atoms with E-state index in [-0.39, 0.29) is 17.0 Å². The van der Waals surface area contributed by atoms with Crippen molar-refractivity contribution in [2.45, 2.75) is 118 Å². The van der Waals surface area contributed by atoms with E-state index in [2.05, 4.69) is 27.7 Å². The summed E-state index contributed by atoms with van der Waals surface area (Å²) in [6.07, 6.45) is 19.9. The smallest absolute Gasteiger partial charge is 0.0786 e. The maximum atomic E-state index is 2.36. The second-order valence-electron chi connectivity index (χ2n) is 7.77. The summed E-state index contributed by atoms with van der Waals surface area (Å²) in [5.41, 5.74) is 0. The van der Waals surface area contributed by atoms with E-state index in [1.165, 1.54) is 121 Å². The van der Waals surface area contributed by atoms with Crippen LogP contribution in [0.1, 0.15) is 118 Å². The zero-order chi connectivity index (χ0) is 17.2. The lowest BCUT2D eigenvalue weighted by Crippen LogP contribution is -3.00. The van der Waals surface area contributed by atoms with Crippen molar-refractivity contribution in [2.24, 2.45) is 0 Å². The van der Waals surface area contributed by atoms with Gasteiger partial charge in [-0.25, -0.2) is 0 Å². The topological polar surface area (TPSA) is 0 Å². The minimum Gasteiger partial charge on any atom is -1.00 e. The molecular weight excluding hydrogens is 358 g/mol. The quantitative estimate of drug-likeness (QED) is 0.235. The molecule has 0 unspecified atom stereocenters. The Kier molecular flexibility index (Phi) is 22.0. The van der Waals surface area contributed by atoms with Crippen LogP contribution in [0.15, 0.2) is 0 Å². The molecule has 0 fully saturated rings. The van der Waals surface area contributed by atoms with Crippen LogP contribution in [0, 0.1) is 0 Å². The average Bonchev–Trinajstić information content (AvgIpc) is 2.57. The lowest BCUT2D eigenvalue weighted by molar-refractivity contribution is -0.929. The Morgan fingerprint density at radius 2 is 0.667 bits per heavy atom. The number of quaternary nitrogens is 1. The van der Waals surface area contributed by atoms with Crippen LogP contribution in [-0.4, -0.2) is 30.7 Å². The largest absolute Gasteiger partial charge is 1.00 e. The Morgan fingerprint density at radius 1 is 0.375 bits per heavy atom. The number of hydrogen-bond donors (Lipinski definition) is 0. The lowest BCUT2D eigenvalue weighted by atomic mass is 10.1. The van der Waals surface area contributed by atoms with E-state index in [0.29, 0.717) is 0 Å². The molecule has 0 N–H and O–H groups in total. The van der Waals surface area contributed by atoms with Crippen LogP contribution in [0.2, 0.25) is 0 Å². The van der Waals surface area contributed by atoms with Crippen molar-refractivity contribution in [3.8, 4) is 0 Å². The SMILES string of the molecule is CCCCCC[N+](CCCC)(CCCCCC)CCCCCC.[Br-]. The zero-order valence-electron chi connectivity index (χ0n) is 17.6. The van der Waals surface area contributed by atoms with E-state index in [1.807, 2.05) is 0 Å². The van der Waals surface area contributed by atoms with Crippen molar-refractivity contribution < 1.29 is 21.5 Å². The van der Waals surface area contributed by atoms with E-state index in [0.717, 1.165) is 0 Å². The van der Waals surface area contributed by atoms with Gasteiger partial charge in [-0.15, -0.1) is 0 Å². The molecule has 0 aliphatic rings. The fourth-order valence-corrected chi connectivity index (χ4v) is 3.79. The maximum Gasteiger partial charge on any atom is 0.0786 e. The predicted molar refractivity (Wildman–Crippen MR) is 107 cm³/mol. The molecule has 0 radical (unpaired) electrons. The van der Waals surface area contributed by atoms with Crippen molar-refractivity contribution >= 4 is 0 Å². The lowest BCUT2D eigenvalue weighted by Gasteiger charge is -2.39. The standard InChI is InChI=1S/C22H48N.BrH/c1-5-9-13-16-20-23(19-12-8-4,21-17-14-10-6-2)22-18-15-11-7-3;/h5-22H2,1-4H3;1H/q+1;/p-1. The second kappa shape index (κ2) is 19.8. The molecule has 0 aliphatic heterocycles. The van der Waals surface area contributed by atoms with Gasteiger partial charge < -0.3 is 21.5 Å². The van der Waals surface area contributed by atoms with Crippen LogP contribution in [0.4, 0.5) is 0 Å². The van der Waals surface area contributed by atoms with Crippen molar-refractivity contribution in [2.75, 3.05) is 26.2 Å². The van der Waals surface area contributed by atoms with E-state index in [4.69, 9.17) is 0 Å². The average molecular weight is 407 g/mol. The minimum atomic E-state index is 0. The second-order valence-corrected chi connectivity index (χ2v) is 7.77. The summed E-state index contributed by atoms with van der Waals surface area (Å²) < 4.78 is 1.45. The number of unbranched alkanes of at least 4 members (excludes halogenated alkanes) is 10. The van der Waals surface area contributed by atoms with Gasteiger partial charge in [0.15, 0.2) is 0 Å². The Labute approximate surface area is 165 Å². The Morgan fingerprint density at radius 3 is 0.958 bits per heavy atom. The van der Waals surface area contributed by atoms with Gasteiger partial charge in [-0.1, -0.05) is 72.6 Å². The van der Waals surface area contributed by atoms with Crippen LogP contribution in [0.5, 0.6) is 0 Å². The molecule has 0 atom stereocenters. The van der Waals surface area contributed by atoms with Gasteiger partial charge in [-0.05, 0) is 44.9 Å². The van der Waals surface area contributed by atoms with Crippen molar-refractivity contribution in [3.63, 3.8) is 0 Å². The molecule has 0 aromatic rings. The van der Waals surface area contributed by atoms with E-state index in [1.54, 1.807) is 0 Å². The Balaban J connectivity index is 0. The number of hydrogen-bond acceptors (Lipinski definition) is 0. The molecule has 0 bridgehead atoms. The first-order chi connectivity index (χ1) is 11.2. The third-order valence-corrected chi connectivity index (χ3v) is 5.44. The van der Waals surface area contributed by atoms with Gasteiger partial charge in [0.1, 0.15) is 0 Å². The predicted octanol–water partition coefficient (Wildman–Crippen LogP) is 4.35. The number of halogens is 1. The Bertz CT molecular complexity index is 199. The molecular formula is C22H48BrN. The summed E-state index contributed by atoms with van der Waals surface area (Å²) in [4.78, 5) is 0. The van der Waals surface area contributed by atoms with Crippen LogP contribution < -0.4 is 17.0 Å². The molecule has 0 saturated carbocycles. The molecule has 0 spiro atoms. The first kappa shape index (κ1) is 26.7. The van der Waals surface area contributed by atoms with Crippen LogP contribution in [0.3, 0.4) is 0 Å². The van der Waals surface area contributed by atoms with Gasteiger partial charge in [0, 0.05) is 0 Å². The molecule has 0 saturated heterocycles. The molecule has 0 heterocycles. The molecule has 2 heteroatoms. The molecule has 24 heavy (non-hydrogen) atoms. The molecule has 1 nitrogen and oxygen atoms in total. The maximum absolute atomic E-state index is 2.36. The monoisotopic (exact) mass is 405 g/mol. The summed E-state index contributed by atoms with van der Waals surface area (Å²) >= 11 is 0. The third kappa shape index (κ3) is 14.8. The van der Waals surface area contributed by atoms with Crippen molar-refractivity contribution in [1.82, 2.24) is 0 Å².